The number of ether oxygens (including phenoxy) is 3. The van der Waals surface area contributed by atoms with Crippen molar-refractivity contribution in [2.24, 2.45) is 0 Å². The summed E-state index contributed by atoms with van der Waals surface area (Å²) in [6.45, 7) is 1.73. The number of benzene rings is 4. The van der Waals surface area contributed by atoms with Crippen LogP contribution in [-0.2, 0) is 9.53 Å². The highest BCUT2D eigenvalue weighted by Crippen LogP contribution is 2.20. The smallest absolute Gasteiger partial charge is 0.357 e. The van der Waals surface area contributed by atoms with Crippen molar-refractivity contribution >= 4 is 16.7 Å². The zero-order valence-electron chi connectivity index (χ0n) is 18.8. The zero-order chi connectivity index (χ0) is 23.8. The number of carbonyl (C=O) groups excluding carboxylic acids is 1. The number of carbonyl (C=O) groups is 1. The highest BCUT2D eigenvalue weighted by atomic mass is 127. The van der Waals surface area contributed by atoms with E-state index in [1.54, 1.807) is 0 Å². The molecule has 34 heavy (non-hydrogen) atoms. The van der Waals surface area contributed by atoms with Gasteiger partial charge < -0.3 is 19.3 Å². The Labute approximate surface area is 209 Å². The maximum atomic E-state index is 12.0. The quantitative estimate of drug-likeness (QED) is 0.233. The summed E-state index contributed by atoms with van der Waals surface area (Å²) in [5.41, 5.74) is 1.26. The van der Waals surface area contributed by atoms with Gasteiger partial charge in [0.05, 0.1) is 0 Å². The van der Waals surface area contributed by atoms with Crippen LogP contribution in [0, 0.1) is 14.1 Å². The number of hydrogen-bond acceptors (Lipinski definition) is 5. The Morgan fingerprint density at radius 1 is 0.794 bits per heavy atom. The van der Waals surface area contributed by atoms with Gasteiger partial charge in [0.25, 0.3) is 0 Å². The van der Waals surface area contributed by atoms with E-state index in [0.29, 0.717) is 11.5 Å². The summed E-state index contributed by atoms with van der Waals surface area (Å²) in [5.74, 6) is 0.718. The van der Waals surface area contributed by atoms with Crippen LogP contribution in [0.15, 0.2) is 91.0 Å². The van der Waals surface area contributed by atoms with E-state index >= 15 is 0 Å². The van der Waals surface area contributed by atoms with Crippen molar-refractivity contribution in [2.45, 2.75) is 13.0 Å². The van der Waals surface area contributed by atoms with Gasteiger partial charge in [0.15, 0.2) is 13.7 Å². The first kappa shape index (κ1) is 24.0. The maximum absolute atomic E-state index is 12.0. The first-order valence-electron chi connectivity index (χ1n) is 10.9. The van der Waals surface area contributed by atoms with Crippen LogP contribution in [0.5, 0.6) is 11.5 Å². The Kier molecular flexibility index (Phi) is 8.38. The van der Waals surface area contributed by atoms with Gasteiger partial charge in [-0.05, 0) is 66.2 Å². The van der Waals surface area contributed by atoms with Crippen molar-refractivity contribution in [3.8, 4) is 11.5 Å². The Hall–Kier alpha value is -3.10. The van der Waals surface area contributed by atoms with Crippen LogP contribution in [0.2, 0.25) is 0 Å². The molecule has 0 saturated carbocycles. The number of halogens is 1. The summed E-state index contributed by atoms with van der Waals surface area (Å²) in [4.78, 5) is 12.0. The summed E-state index contributed by atoms with van der Waals surface area (Å²) < 4.78 is 18.9. The molecule has 174 valence electrons. The fourth-order valence-corrected chi connectivity index (χ4v) is 5.34. The third kappa shape index (κ3) is 7.20. The Bertz CT molecular complexity index is 1220. The normalized spacial score (nSPS) is 11.7. The van der Waals surface area contributed by atoms with Gasteiger partial charge in [-0.3, -0.25) is 0 Å². The van der Waals surface area contributed by atoms with Gasteiger partial charge in [-0.25, -0.2) is 4.79 Å². The van der Waals surface area contributed by atoms with Crippen molar-refractivity contribution in [1.29, 1.82) is 0 Å². The van der Waals surface area contributed by atoms with E-state index in [2.05, 4.69) is 31.2 Å². The van der Waals surface area contributed by atoms with E-state index in [-0.39, 0.29) is 41.0 Å². The molecule has 0 aliphatic rings. The van der Waals surface area contributed by atoms with Gasteiger partial charge in [0, 0.05) is 0 Å². The fourth-order valence-electron chi connectivity index (χ4n) is 3.19. The van der Waals surface area contributed by atoms with E-state index in [9.17, 15) is 9.90 Å². The predicted molar refractivity (Wildman–Crippen MR) is 127 cm³/mol. The second-order valence-corrected chi connectivity index (χ2v) is 10.8. The first-order chi connectivity index (χ1) is 16.5. The van der Waals surface area contributed by atoms with Crippen molar-refractivity contribution in [3.05, 3.63) is 104 Å². The van der Waals surface area contributed by atoms with Crippen molar-refractivity contribution < 1.29 is 45.3 Å². The second-order valence-electron chi connectivity index (χ2n) is 7.79. The van der Waals surface area contributed by atoms with Crippen LogP contribution >= 0.6 is 0 Å². The van der Waals surface area contributed by atoms with Gasteiger partial charge in [0.2, 0.25) is 0 Å². The molecule has 4 rings (SSSR count). The molecule has 0 aromatic heterocycles. The van der Waals surface area contributed by atoms with E-state index < -0.39 is 12.1 Å². The van der Waals surface area contributed by atoms with E-state index in [1.807, 2.05) is 66.7 Å². The highest BCUT2D eigenvalue weighted by molar-refractivity contribution is 5.83. The van der Waals surface area contributed by atoms with Crippen LogP contribution in [0.25, 0.3) is 10.8 Å². The molecule has 1 unspecified atom stereocenters. The number of rotatable bonds is 10. The second kappa shape index (κ2) is 11.9. The molecule has 6 heteroatoms. The van der Waals surface area contributed by atoms with Crippen molar-refractivity contribution in [2.75, 3.05) is 19.8 Å². The van der Waals surface area contributed by atoms with Crippen LogP contribution in [0.3, 0.4) is 0 Å². The lowest BCUT2D eigenvalue weighted by atomic mass is 10.1. The van der Waals surface area contributed by atoms with Crippen LogP contribution in [0.4, 0.5) is 0 Å². The van der Waals surface area contributed by atoms with Gasteiger partial charge in [-0.2, -0.15) is 0 Å². The topological polar surface area (TPSA) is 65.0 Å². The molecule has 0 amide bonds. The minimum absolute atomic E-state index is 0.0258. The standard InChI is InChI=1S/C28H26IO5/c1-20-6-9-23(10-7-20)29-24-11-14-26(15-12-24)33-19-28(31)34-18-25(30)17-32-27-13-8-21-4-2-3-5-22(21)16-27/h2-16,25,30H,17-19H2,1H3/q+1. The van der Waals surface area contributed by atoms with Gasteiger partial charge >= 0.3 is 27.2 Å². The molecule has 0 aliphatic heterocycles. The average molecular weight is 569 g/mol. The number of aliphatic hydroxyl groups is 1. The molecule has 0 spiro atoms. The molecule has 1 N–H and O–H groups in total. The number of hydrogen-bond donors (Lipinski definition) is 1. The van der Waals surface area contributed by atoms with Gasteiger partial charge in [-0.1, -0.05) is 48.0 Å². The molecule has 0 bridgehead atoms. The highest BCUT2D eigenvalue weighted by Gasteiger charge is 2.15. The molecular weight excluding hydrogens is 543 g/mol. The predicted octanol–water partition coefficient (Wildman–Crippen LogP) is 1.64. The lowest BCUT2D eigenvalue weighted by molar-refractivity contribution is -0.597. The van der Waals surface area contributed by atoms with Gasteiger partial charge in [-0.15, -0.1) is 0 Å². The monoisotopic (exact) mass is 569 g/mol. The molecule has 0 heterocycles. The Morgan fingerprint density at radius 2 is 1.44 bits per heavy atom. The fraction of sp³-hybridized carbons (Fsp3) is 0.179. The lowest BCUT2D eigenvalue weighted by Gasteiger charge is -2.13. The van der Waals surface area contributed by atoms with E-state index in [0.717, 1.165) is 10.8 Å². The minimum Gasteiger partial charge on any atom is -0.491 e. The lowest BCUT2D eigenvalue weighted by Crippen LogP contribution is -3.61. The van der Waals surface area contributed by atoms with Crippen LogP contribution in [-0.4, -0.2) is 37.0 Å². The largest absolute Gasteiger partial charge is 0.491 e. The molecule has 0 aliphatic carbocycles. The Balaban J connectivity index is 1.16. The maximum Gasteiger partial charge on any atom is 0.357 e. The zero-order valence-corrected chi connectivity index (χ0v) is 21.0. The van der Waals surface area contributed by atoms with E-state index in [4.69, 9.17) is 14.2 Å². The van der Waals surface area contributed by atoms with Crippen molar-refractivity contribution in [3.63, 3.8) is 0 Å². The molecule has 5 nitrogen and oxygen atoms in total. The van der Waals surface area contributed by atoms with Crippen LogP contribution < -0.4 is 30.7 Å². The molecule has 1 atom stereocenters. The molecule has 4 aromatic rings. The summed E-state index contributed by atoms with van der Waals surface area (Å²) in [5, 5.41) is 12.3. The Morgan fingerprint density at radius 3 is 2.18 bits per heavy atom. The molecular formula is C28H26IO5+. The molecule has 4 aromatic carbocycles. The third-order valence-electron chi connectivity index (χ3n) is 5.00. The first-order valence-corrected chi connectivity index (χ1v) is 13.1. The van der Waals surface area contributed by atoms with Crippen LogP contribution in [0.1, 0.15) is 5.56 Å². The molecule has 0 saturated heterocycles. The number of fused-ring (bicyclic) bond motifs is 1. The summed E-state index contributed by atoms with van der Waals surface area (Å²) in [7, 11) is 0. The van der Waals surface area contributed by atoms with Gasteiger partial charge in [0.1, 0.15) is 30.8 Å². The summed E-state index contributed by atoms with van der Waals surface area (Å²) in [6, 6.07) is 30.1. The minimum atomic E-state index is -0.930. The molecule has 0 radical (unpaired) electrons. The number of esters is 1. The average Bonchev–Trinajstić information content (AvgIpc) is 2.87. The summed E-state index contributed by atoms with van der Waals surface area (Å²) in [6.07, 6.45) is -0.930. The molecule has 0 fully saturated rings. The summed E-state index contributed by atoms with van der Waals surface area (Å²) >= 11 is -0.250. The third-order valence-corrected chi connectivity index (χ3v) is 7.68. The van der Waals surface area contributed by atoms with E-state index in [1.165, 1.54) is 12.7 Å². The SMILES string of the molecule is Cc1ccc([I+]c2ccc(OCC(=O)OCC(O)COc3ccc4ccccc4c3)cc2)cc1. The number of aliphatic hydroxyl groups excluding tert-OH is 1. The number of aryl methyl sites for hydroxylation is 1. The van der Waals surface area contributed by atoms with Crippen molar-refractivity contribution in [1.82, 2.24) is 0 Å².